The highest BCUT2D eigenvalue weighted by Crippen LogP contribution is 2.44. The molecule has 3 atom stereocenters. The molecule has 2 aliphatic rings. The van der Waals surface area contributed by atoms with Crippen LogP contribution < -0.4 is 0 Å². The van der Waals surface area contributed by atoms with Crippen molar-refractivity contribution in [2.75, 3.05) is 0 Å². The van der Waals surface area contributed by atoms with Crippen LogP contribution in [0.4, 0.5) is 0 Å². The van der Waals surface area contributed by atoms with Gasteiger partial charge in [-0.05, 0) is 30.6 Å². The lowest BCUT2D eigenvalue weighted by Gasteiger charge is -2.27. The van der Waals surface area contributed by atoms with Gasteiger partial charge in [-0.2, -0.15) is 0 Å². The maximum absolute atomic E-state index is 2.50. The Kier molecular flexibility index (Phi) is 2.69. The average molecular weight is 206 g/mol. The fourth-order valence-corrected chi connectivity index (χ4v) is 5.14. The van der Waals surface area contributed by atoms with Gasteiger partial charge in [0.1, 0.15) is 0 Å². The first kappa shape index (κ1) is 10.2. The zero-order valence-corrected chi connectivity index (χ0v) is 10.7. The lowest BCUT2D eigenvalue weighted by atomic mass is 9.87. The predicted octanol–water partition coefficient (Wildman–Crippen LogP) is 4.09. The Morgan fingerprint density at radius 1 is 1.07 bits per heavy atom. The molecule has 0 radical (unpaired) electrons. The van der Waals surface area contributed by atoms with E-state index in [0.717, 1.165) is 17.8 Å². The van der Waals surface area contributed by atoms with E-state index in [-0.39, 0.29) is 0 Å². The van der Waals surface area contributed by atoms with E-state index >= 15 is 0 Å². The molecule has 2 aliphatic carbocycles. The summed E-state index contributed by atoms with van der Waals surface area (Å²) in [5, 5.41) is 0. The molecule has 1 fully saturated rings. The van der Waals surface area contributed by atoms with Gasteiger partial charge in [0.15, 0.2) is 0 Å². The van der Waals surface area contributed by atoms with Gasteiger partial charge < -0.3 is 0 Å². The second kappa shape index (κ2) is 3.69. The molecular formula is C13H22Si. The van der Waals surface area contributed by atoms with E-state index in [1.807, 2.05) is 0 Å². The maximum Gasteiger partial charge on any atom is 0.0445 e. The summed E-state index contributed by atoms with van der Waals surface area (Å²) in [7, 11) is -0.857. The molecule has 0 spiro atoms. The van der Waals surface area contributed by atoms with Crippen LogP contribution in [0.1, 0.15) is 12.8 Å². The molecule has 0 amide bonds. The molecule has 0 aromatic heterocycles. The van der Waals surface area contributed by atoms with Crippen LogP contribution in [0.3, 0.4) is 0 Å². The fourth-order valence-electron chi connectivity index (χ4n) is 3.09. The van der Waals surface area contributed by atoms with Gasteiger partial charge in [0.05, 0.1) is 0 Å². The molecule has 0 bridgehead atoms. The second-order valence-electron chi connectivity index (χ2n) is 6.11. The molecule has 2 rings (SSSR count). The van der Waals surface area contributed by atoms with Crippen molar-refractivity contribution in [1.82, 2.24) is 0 Å². The molecule has 0 aromatic carbocycles. The molecule has 14 heavy (non-hydrogen) atoms. The van der Waals surface area contributed by atoms with Crippen molar-refractivity contribution < 1.29 is 0 Å². The van der Waals surface area contributed by atoms with Crippen LogP contribution in [0, 0.1) is 17.8 Å². The van der Waals surface area contributed by atoms with E-state index in [1.165, 1.54) is 18.9 Å². The van der Waals surface area contributed by atoms with Crippen molar-refractivity contribution in [2.45, 2.75) is 38.5 Å². The van der Waals surface area contributed by atoms with E-state index in [9.17, 15) is 0 Å². The number of hydrogen-bond acceptors (Lipinski definition) is 0. The molecule has 1 saturated carbocycles. The van der Waals surface area contributed by atoms with Gasteiger partial charge in [0.25, 0.3) is 0 Å². The summed E-state index contributed by atoms with van der Waals surface area (Å²) in [5.74, 6) is 2.75. The molecule has 0 saturated heterocycles. The molecule has 0 heterocycles. The Balaban J connectivity index is 2.02. The Hall–Kier alpha value is -0.303. The number of allylic oxidation sites excluding steroid dienone is 4. The highest BCUT2D eigenvalue weighted by Gasteiger charge is 2.35. The van der Waals surface area contributed by atoms with Gasteiger partial charge in [-0.25, -0.2) is 0 Å². The fraction of sp³-hybridized carbons (Fsp3) is 0.692. The van der Waals surface area contributed by atoms with Gasteiger partial charge in [0, 0.05) is 8.07 Å². The van der Waals surface area contributed by atoms with Crippen LogP contribution >= 0.6 is 0 Å². The van der Waals surface area contributed by atoms with Crippen LogP contribution in [0.25, 0.3) is 0 Å². The first-order valence-corrected chi connectivity index (χ1v) is 9.62. The summed E-state index contributed by atoms with van der Waals surface area (Å²) in [6, 6.07) is 1.52. The van der Waals surface area contributed by atoms with Gasteiger partial charge in [-0.3, -0.25) is 0 Å². The molecule has 0 N–H and O–H groups in total. The quantitative estimate of drug-likeness (QED) is 0.597. The van der Waals surface area contributed by atoms with Gasteiger partial charge in [0.2, 0.25) is 0 Å². The van der Waals surface area contributed by atoms with Crippen LogP contribution in [-0.4, -0.2) is 8.07 Å². The predicted molar refractivity (Wildman–Crippen MR) is 66.1 cm³/mol. The average Bonchev–Trinajstić information content (AvgIpc) is 2.47. The smallest absolute Gasteiger partial charge is 0.0445 e. The third-order valence-corrected chi connectivity index (χ3v) is 5.34. The normalized spacial score (nSPS) is 36.1. The SMILES string of the molecule is C[Si](C)(C)CC1CCC2C=CC=CC21. The molecule has 0 aromatic rings. The minimum absolute atomic E-state index is 0.857. The third kappa shape index (κ3) is 2.19. The van der Waals surface area contributed by atoms with E-state index < -0.39 is 8.07 Å². The number of hydrogen-bond donors (Lipinski definition) is 0. The van der Waals surface area contributed by atoms with Gasteiger partial charge in [-0.1, -0.05) is 50.0 Å². The summed E-state index contributed by atoms with van der Waals surface area (Å²) in [5.41, 5.74) is 0. The Morgan fingerprint density at radius 2 is 1.79 bits per heavy atom. The van der Waals surface area contributed by atoms with Crippen molar-refractivity contribution in [1.29, 1.82) is 0 Å². The Labute approximate surface area is 89.1 Å². The summed E-state index contributed by atoms with van der Waals surface area (Å²) in [6.45, 7) is 7.51. The molecule has 78 valence electrons. The monoisotopic (exact) mass is 206 g/mol. The maximum atomic E-state index is 2.50. The van der Waals surface area contributed by atoms with E-state index in [4.69, 9.17) is 0 Å². The highest BCUT2D eigenvalue weighted by atomic mass is 28.3. The second-order valence-corrected chi connectivity index (χ2v) is 11.6. The summed E-state index contributed by atoms with van der Waals surface area (Å²) in [6.07, 6.45) is 12.3. The van der Waals surface area contributed by atoms with Crippen molar-refractivity contribution in [2.24, 2.45) is 17.8 Å². The van der Waals surface area contributed by atoms with Crippen LogP contribution in [0.15, 0.2) is 24.3 Å². The van der Waals surface area contributed by atoms with Crippen LogP contribution in [0.5, 0.6) is 0 Å². The number of rotatable bonds is 2. The lowest BCUT2D eigenvalue weighted by molar-refractivity contribution is 0.447. The zero-order valence-electron chi connectivity index (χ0n) is 9.66. The Bertz CT molecular complexity index is 257. The minimum atomic E-state index is -0.857. The van der Waals surface area contributed by atoms with Crippen molar-refractivity contribution in [3.8, 4) is 0 Å². The first-order chi connectivity index (χ1) is 6.56. The van der Waals surface area contributed by atoms with Crippen LogP contribution in [-0.2, 0) is 0 Å². The zero-order chi connectivity index (χ0) is 10.2. The molecule has 0 nitrogen and oxygen atoms in total. The van der Waals surface area contributed by atoms with Gasteiger partial charge >= 0.3 is 0 Å². The first-order valence-electron chi connectivity index (χ1n) is 5.91. The molecular weight excluding hydrogens is 184 g/mol. The standard InChI is InChI=1S/C13H22Si/c1-14(2,3)10-12-9-8-11-6-4-5-7-13(11)12/h4-7,11-13H,8-10H2,1-3H3. The Morgan fingerprint density at radius 3 is 2.50 bits per heavy atom. The molecule has 1 heteroatoms. The van der Waals surface area contributed by atoms with Crippen molar-refractivity contribution in [3.63, 3.8) is 0 Å². The van der Waals surface area contributed by atoms with Crippen molar-refractivity contribution in [3.05, 3.63) is 24.3 Å². The molecule has 0 aliphatic heterocycles. The summed E-state index contributed by atoms with van der Waals surface area (Å²) >= 11 is 0. The van der Waals surface area contributed by atoms with E-state index in [0.29, 0.717) is 0 Å². The van der Waals surface area contributed by atoms with Crippen molar-refractivity contribution >= 4 is 8.07 Å². The van der Waals surface area contributed by atoms with Crippen LogP contribution in [0.2, 0.25) is 25.7 Å². The summed E-state index contributed by atoms with van der Waals surface area (Å²) in [4.78, 5) is 0. The third-order valence-electron chi connectivity index (χ3n) is 3.59. The largest absolute Gasteiger partial charge is 0.0808 e. The molecule has 3 unspecified atom stereocenters. The number of fused-ring (bicyclic) bond motifs is 1. The van der Waals surface area contributed by atoms with Gasteiger partial charge in [-0.15, -0.1) is 0 Å². The topological polar surface area (TPSA) is 0 Å². The minimum Gasteiger partial charge on any atom is -0.0808 e. The lowest BCUT2D eigenvalue weighted by Crippen LogP contribution is -2.26. The summed E-state index contributed by atoms with van der Waals surface area (Å²) < 4.78 is 0. The van der Waals surface area contributed by atoms with E-state index in [2.05, 4.69) is 43.9 Å². The highest BCUT2D eigenvalue weighted by molar-refractivity contribution is 6.76. The van der Waals surface area contributed by atoms with E-state index in [1.54, 1.807) is 0 Å².